The van der Waals surface area contributed by atoms with E-state index >= 15 is 0 Å². The Morgan fingerprint density at radius 2 is 2.05 bits per heavy atom. The second-order valence-corrected chi connectivity index (χ2v) is 4.13. The molecule has 0 aliphatic heterocycles. The van der Waals surface area contributed by atoms with E-state index in [4.69, 9.17) is 15.1 Å². The molecule has 0 fully saturated rings. The molecule has 0 spiro atoms. The molecule has 0 radical (unpaired) electrons. The number of amides is 1. The van der Waals surface area contributed by atoms with Crippen LogP contribution in [0.25, 0.3) is 0 Å². The second-order valence-electron chi connectivity index (χ2n) is 4.13. The average molecular weight is 276 g/mol. The van der Waals surface area contributed by atoms with Gasteiger partial charge in [-0.3, -0.25) is 4.79 Å². The molecular formula is C14H16N2O4. The highest BCUT2D eigenvalue weighted by Gasteiger charge is 2.19. The van der Waals surface area contributed by atoms with Crippen molar-refractivity contribution >= 4 is 11.9 Å². The molecule has 0 unspecified atom stereocenters. The number of hydrogen-bond acceptors (Lipinski definition) is 4. The van der Waals surface area contributed by atoms with Gasteiger partial charge < -0.3 is 15.2 Å². The van der Waals surface area contributed by atoms with E-state index in [2.05, 4.69) is 5.32 Å². The summed E-state index contributed by atoms with van der Waals surface area (Å²) in [4.78, 5) is 22.4. The first kappa shape index (κ1) is 15.7. The SMILES string of the molecule is N#CCC[C@H](NC(=O)COCc1ccccc1)C(=O)O. The number of carbonyl (C=O) groups excluding carboxylic acids is 1. The molecular weight excluding hydrogens is 260 g/mol. The summed E-state index contributed by atoms with van der Waals surface area (Å²) in [6, 6.07) is 10.1. The summed E-state index contributed by atoms with van der Waals surface area (Å²) in [5.74, 6) is -1.66. The number of rotatable bonds is 8. The fraction of sp³-hybridized carbons (Fsp3) is 0.357. The Morgan fingerprint density at radius 3 is 2.65 bits per heavy atom. The molecule has 20 heavy (non-hydrogen) atoms. The first-order valence-corrected chi connectivity index (χ1v) is 6.14. The molecule has 6 heteroatoms. The summed E-state index contributed by atoms with van der Waals surface area (Å²) < 4.78 is 5.20. The van der Waals surface area contributed by atoms with Crippen LogP contribution in [0.15, 0.2) is 30.3 Å². The first-order valence-electron chi connectivity index (χ1n) is 6.14. The van der Waals surface area contributed by atoms with Gasteiger partial charge in [0.2, 0.25) is 5.91 Å². The molecule has 0 saturated carbocycles. The van der Waals surface area contributed by atoms with Crippen molar-refractivity contribution in [2.45, 2.75) is 25.5 Å². The van der Waals surface area contributed by atoms with Gasteiger partial charge in [-0.1, -0.05) is 30.3 Å². The summed E-state index contributed by atoms with van der Waals surface area (Å²) in [7, 11) is 0. The summed E-state index contributed by atoms with van der Waals surface area (Å²) >= 11 is 0. The van der Waals surface area contributed by atoms with E-state index in [0.717, 1.165) is 5.56 Å². The highest BCUT2D eigenvalue weighted by Crippen LogP contribution is 2.01. The number of nitriles is 1. The zero-order valence-electron chi connectivity index (χ0n) is 10.9. The van der Waals surface area contributed by atoms with Crippen molar-refractivity contribution in [1.82, 2.24) is 5.32 Å². The predicted molar refractivity (Wildman–Crippen MR) is 70.5 cm³/mol. The van der Waals surface area contributed by atoms with Crippen LogP contribution in [0, 0.1) is 11.3 Å². The topological polar surface area (TPSA) is 99.4 Å². The van der Waals surface area contributed by atoms with Gasteiger partial charge in [-0.25, -0.2) is 4.79 Å². The zero-order valence-corrected chi connectivity index (χ0v) is 10.9. The van der Waals surface area contributed by atoms with E-state index in [1.807, 2.05) is 36.4 Å². The number of carbonyl (C=O) groups is 2. The van der Waals surface area contributed by atoms with E-state index in [1.54, 1.807) is 0 Å². The van der Waals surface area contributed by atoms with E-state index in [0.29, 0.717) is 0 Å². The molecule has 1 atom stereocenters. The molecule has 1 aromatic carbocycles. The Kier molecular flexibility index (Phi) is 6.79. The van der Waals surface area contributed by atoms with Crippen molar-refractivity contribution in [3.63, 3.8) is 0 Å². The number of nitrogens with zero attached hydrogens (tertiary/aromatic N) is 1. The van der Waals surface area contributed by atoms with Gasteiger partial charge in [0.1, 0.15) is 12.6 Å². The van der Waals surface area contributed by atoms with Gasteiger partial charge in [0.05, 0.1) is 12.7 Å². The molecule has 6 nitrogen and oxygen atoms in total. The quantitative estimate of drug-likeness (QED) is 0.740. The minimum Gasteiger partial charge on any atom is -0.480 e. The lowest BCUT2D eigenvalue weighted by molar-refractivity contribution is -0.142. The average Bonchev–Trinajstić information content (AvgIpc) is 2.44. The largest absolute Gasteiger partial charge is 0.480 e. The highest BCUT2D eigenvalue weighted by molar-refractivity contribution is 5.84. The minimum atomic E-state index is -1.16. The third kappa shape index (κ3) is 5.98. The Bertz CT molecular complexity index is 482. The first-order chi connectivity index (χ1) is 9.63. The smallest absolute Gasteiger partial charge is 0.326 e. The van der Waals surface area contributed by atoms with Gasteiger partial charge in [-0.2, -0.15) is 5.26 Å². The maximum absolute atomic E-state index is 11.5. The summed E-state index contributed by atoms with van der Waals surface area (Å²) in [5.41, 5.74) is 0.930. The molecule has 106 valence electrons. The van der Waals surface area contributed by atoms with Crippen molar-refractivity contribution in [1.29, 1.82) is 5.26 Å². The monoisotopic (exact) mass is 276 g/mol. The Morgan fingerprint density at radius 1 is 1.35 bits per heavy atom. The normalized spacial score (nSPS) is 11.3. The van der Waals surface area contributed by atoms with E-state index < -0.39 is 17.9 Å². The molecule has 1 rings (SSSR count). The molecule has 0 aromatic heterocycles. The van der Waals surface area contributed by atoms with E-state index in [9.17, 15) is 9.59 Å². The maximum Gasteiger partial charge on any atom is 0.326 e. The maximum atomic E-state index is 11.5. The predicted octanol–water partition coefficient (Wildman–Crippen LogP) is 1.08. The summed E-state index contributed by atoms with van der Waals surface area (Å²) in [6.07, 6.45) is 0.151. The van der Waals surface area contributed by atoms with Gasteiger partial charge in [-0.15, -0.1) is 0 Å². The van der Waals surface area contributed by atoms with Crippen LogP contribution in [0.1, 0.15) is 18.4 Å². The van der Waals surface area contributed by atoms with E-state index in [-0.39, 0.29) is 26.1 Å². The summed E-state index contributed by atoms with van der Waals surface area (Å²) in [6.45, 7) is 0.0649. The lowest BCUT2D eigenvalue weighted by Gasteiger charge is -2.13. The van der Waals surface area contributed by atoms with Crippen LogP contribution < -0.4 is 5.32 Å². The molecule has 0 saturated heterocycles. The standard InChI is InChI=1S/C14H16N2O4/c15-8-4-7-12(14(18)19)16-13(17)10-20-9-11-5-2-1-3-6-11/h1-3,5-6,12H,4,7,9-10H2,(H,16,17)(H,18,19)/t12-/m0/s1. The number of aliphatic carboxylic acids is 1. The molecule has 0 bridgehead atoms. The third-order valence-electron chi connectivity index (χ3n) is 2.52. The van der Waals surface area contributed by atoms with Gasteiger partial charge >= 0.3 is 5.97 Å². The Labute approximate surface area is 117 Å². The van der Waals surface area contributed by atoms with Crippen LogP contribution in [-0.4, -0.2) is 29.6 Å². The Hall–Kier alpha value is -2.39. The number of hydrogen-bond donors (Lipinski definition) is 2. The lowest BCUT2D eigenvalue weighted by Crippen LogP contribution is -2.42. The van der Waals surface area contributed by atoms with Crippen molar-refractivity contribution in [2.75, 3.05) is 6.61 Å². The number of carboxylic acid groups (broad SMARTS) is 1. The number of carboxylic acids is 1. The molecule has 1 aromatic rings. The van der Waals surface area contributed by atoms with Crippen LogP contribution in [0.5, 0.6) is 0 Å². The van der Waals surface area contributed by atoms with Crippen molar-refractivity contribution in [3.05, 3.63) is 35.9 Å². The van der Waals surface area contributed by atoms with Crippen LogP contribution in [0.2, 0.25) is 0 Å². The van der Waals surface area contributed by atoms with Crippen LogP contribution in [-0.2, 0) is 20.9 Å². The van der Waals surface area contributed by atoms with Crippen molar-refractivity contribution in [3.8, 4) is 6.07 Å². The number of ether oxygens (including phenoxy) is 1. The van der Waals surface area contributed by atoms with Crippen molar-refractivity contribution in [2.24, 2.45) is 0 Å². The van der Waals surface area contributed by atoms with Gasteiger partial charge in [0.15, 0.2) is 0 Å². The third-order valence-corrected chi connectivity index (χ3v) is 2.52. The fourth-order valence-electron chi connectivity index (χ4n) is 1.54. The van der Waals surface area contributed by atoms with Gasteiger partial charge in [-0.05, 0) is 12.0 Å². The number of nitrogens with one attached hydrogen (secondary N) is 1. The zero-order chi connectivity index (χ0) is 14.8. The molecule has 0 aliphatic carbocycles. The molecule has 1 amide bonds. The van der Waals surface area contributed by atoms with Crippen LogP contribution in [0.3, 0.4) is 0 Å². The fourth-order valence-corrected chi connectivity index (χ4v) is 1.54. The molecule has 0 aliphatic rings. The molecule has 0 heterocycles. The lowest BCUT2D eigenvalue weighted by atomic mass is 10.1. The summed E-state index contributed by atoms with van der Waals surface area (Å²) in [5, 5.41) is 19.6. The van der Waals surface area contributed by atoms with Crippen LogP contribution in [0.4, 0.5) is 0 Å². The van der Waals surface area contributed by atoms with Crippen LogP contribution >= 0.6 is 0 Å². The minimum absolute atomic E-state index is 0.0715. The number of benzene rings is 1. The van der Waals surface area contributed by atoms with Gasteiger partial charge in [0, 0.05) is 6.42 Å². The highest BCUT2D eigenvalue weighted by atomic mass is 16.5. The second kappa shape index (κ2) is 8.67. The van der Waals surface area contributed by atoms with Crippen molar-refractivity contribution < 1.29 is 19.4 Å². The molecule has 2 N–H and O–H groups in total. The Balaban J connectivity index is 2.31. The van der Waals surface area contributed by atoms with Gasteiger partial charge in [0.25, 0.3) is 0 Å². The van der Waals surface area contributed by atoms with E-state index in [1.165, 1.54) is 0 Å².